The number of aliphatic carboxylic acids is 2. The molecule has 2 aromatic rings. The number of aromatic amines is 2. The number of hydrogen-bond acceptors (Lipinski definition) is 6. The van der Waals surface area contributed by atoms with E-state index in [2.05, 4.69) is 15.3 Å². The third-order valence-corrected chi connectivity index (χ3v) is 5.38. The van der Waals surface area contributed by atoms with Crippen molar-refractivity contribution in [3.63, 3.8) is 0 Å². The number of imidazole rings is 1. The average Bonchev–Trinajstić information content (AvgIpc) is 2.99. The molecular formula is C15H16F3N3O6S2. The Bertz CT molecular complexity index is 913. The molecule has 0 aliphatic rings. The number of benzene rings is 1. The van der Waals surface area contributed by atoms with Crippen LogP contribution in [0.3, 0.4) is 0 Å². The quantitative estimate of drug-likeness (QED) is 0.300. The third-order valence-electron chi connectivity index (χ3n) is 2.97. The Kier molecular flexibility index (Phi) is 9.61. The first-order valence-corrected chi connectivity index (χ1v) is 10.3. The van der Waals surface area contributed by atoms with Crippen LogP contribution in [0.2, 0.25) is 0 Å². The topological polar surface area (TPSA) is 152 Å². The van der Waals surface area contributed by atoms with Gasteiger partial charge in [0.1, 0.15) is 0 Å². The van der Waals surface area contributed by atoms with E-state index < -0.39 is 18.1 Å². The molecule has 1 aromatic heterocycles. The number of H-pyrrole nitrogens is 2. The first kappa shape index (κ1) is 24.4. The highest BCUT2D eigenvalue weighted by atomic mass is 33.1. The zero-order valence-electron chi connectivity index (χ0n) is 14.5. The number of amides is 1. The number of halogens is 3. The predicted octanol–water partition coefficient (Wildman–Crippen LogP) is 2.08. The van der Waals surface area contributed by atoms with Gasteiger partial charge in [0.25, 0.3) is 5.91 Å². The van der Waals surface area contributed by atoms with Crippen LogP contribution >= 0.6 is 21.6 Å². The summed E-state index contributed by atoms with van der Waals surface area (Å²) in [7, 11) is 3.00. The summed E-state index contributed by atoms with van der Waals surface area (Å²) < 4.78 is 31.7. The van der Waals surface area contributed by atoms with E-state index in [9.17, 15) is 27.6 Å². The zero-order chi connectivity index (χ0) is 22.0. The Labute approximate surface area is 168 Å². The number of aromatic nitrogens is 2. The van der Waals surface area contributed by atoms with E-state index in [1.807, 2.05) is 0 Å². The summed E-state index contributed by atoms with van der Waals surface area (Å²) in [5.41, 5.74) is 1.43. The van der Waals surface area contributed by atoms with Crippen LogP contribution in [0.15, 0.2) is 23.0 Å². The van der Waals surface area contributed by atoms with Crippen molar-refractivity contribution in [2.45, 2.75) is 12.6 Å². The molecule has 0 bridgehead atoms. The fourth-order valence-electron chi connectivity index (χ4n) is 1.73. The summed E-state index contributed by atoms with van der Waals surface area (Å²) in [5, 5.41) is 18.4. The van der Waals surface area contributed by atoms with Gasteiger partial charge < -0.3 is 25.5 Å². The van der Waals surface area contributed by atoms with E-state index in [-0.39, 0.29) is 18.0 Å². The average molecular weight is 455 g/mol. The molecule has 0 radical (unpaired) electrons. The van der Waals surface area contributed by atoms with Gasteiger partial charge in [0.05, 0.1) is 17.5 Å². The first-order chi connectivity index (χ1) is 13.5. The highest BCUT2D eigenvalue weighted by Crippen LogP contribution is 2.21. The molecule has 0 fully saturated rings. The zero-order valence-corrected chi connectivity index (χ0v) is 16.2. The van der Waals surface area contributed by atoms with Crippen molar-refractivity contribution in [2.75, 3.05) is 18.1 Å². The first-order valence-electron chi connectivity index (χ1n) is 7.77. The highest BCUT2D eigenvalue weighted by molar-refractivity contribution is 8.76. The number of nitrogens with one attached hydrogen (secondary N) is 3. The minimum atomic E-state index is -5.08. The van der Waals surface area contributed by atoms with Gasteiger partial charge in [-0.2, -0.15) is 13.2 Å². The summed E-state index contributed by atoms with van der Waals surface area (Å²) in [6, 6.07) is 4.95. The number of carbonyl (C=O) groups excluding carboxylic acids is 1. The van der Waals surface area contributed by atoms with Crippen molar-refractivity contribution in [3.05, 3.63) is 34.2 Å². The molecule has 9 nitrogen and oxygen atoms in total. The van der Waals surface area contributed by atoms with Gasteiger partial charge in [-0.05, 0) is 18.2 Å². The minimum Gasteiger partial charge on any atom is -0.481 e. The smallest absolute Gasteiger partial charge is 0.481 e. The van der Waals surface area contributed by atoms with Crippen molar-refractivity contribution in [1.82, 2.24) is 15.3 Å². The van der Waals surface area contributed by atoms with E-state index in [1.54, 1.807) is 18.2 Å². The van der Waals surface area contributed by atoms with Crippen LogP contribution in [-0.2, 0) is 9.59 Å². The Morgan fingerprint density at radius 1 is 1.03 bits per heavy atom. The van der Waals surface area contributed by atoms with Gasteiger partial charge in [-0.3, -0.25) is 9.59 Å². The number of rotatable bonds is 8. The maximum absolute atomic E-state index is 12.0. The van der Waals surface area contributed by atoms with Crippen molar-refractivity contribution >= 4 is 50.5 Å². The molecule has 0 spiro atoms. The Balaban J connectivity index is 0.000000516. The maximum Gasteiger partial charge on any atom is 0.490 e. The summed E-state index contributed by atoms with van der Waals surface area (Å²) in [6.45, 7) is 0.491. The fraction of sp³-hybridized carbons (Fsp3) is 0.333. The van der Waals surface area contributed by atoms with Crippen molar-refractivity contribution in [3.8, 4) is 0 Å². The van der Waals surface area contributed by atoms with E-state index >= 15 is 0 Å². The van der Waals surface area contributed by atoms with Crippen molar-refractivity contribution < 1.29 is 37.8 Å². The molecule has 0 aliphatic heterocycles. The molecule has 0 atom stereocenters. The predicted molar refractivity (Wildman–Crippen MR) is 102 cm³/mol. The van der Waals surface area contributed by atoms with Gasteiger partial charge in [0.15, 0.2) is 0 Å². The number of alkyl halides is 3. The van der Waals surface area contributed by atoms with Crippen LogP contribution in [0.4, 0.5) is 13.2 Å². The SMILES string of the molecule is O=C(O)C(F)(F)F.O=C(O)CCSSCCNC(=O)c1ccc2[nH]c(=O)[nH]c2c1. The van der Waals surface area contributed by atoms with Gasteiger partial charge in [0, 0.05) is 23.6 Å². The van der Waals surface area contributed by atoms with Crippen molar-refractivity contribution in [2.24, 2.45) is 0 Å². The van der Waals surface area contributed by atoms with Gasteiger partial charge in [-0.15, -0.1) is 0 Å². The van der Waals surface area contributed by atoms with Crippen LogP contribution in [0.5, 0.6) is 0 Å². The standard InChI is InChI=1S/C13H15N3O4S2.C2HF3O2/c17-11(18)3-5-21-22-6-4-14-12(19)8-1-2-9-10(7-8)16-13(20)15-9;3-2(4,5)1(6)7/h1-2,7H,3-6H2,(H,14,19)(H,17,18)(H2,15,16,20);(H,6,7). The largest absolute Gasteiger partial charge is 0.490 e. The third kappa shape index (κ3) is 9.43. The van der Waals surface area contributed by atoms with Gasteiger partial charge in [0.2, 0.25) is 0 Å². The van der Waals surface area contributed by atoms with Crippen LogP contribution in [0.25, 0.3) is 11.0 Å². The summed E-state index contributed by atoms with van der Waals surface area (Å²) in [4.78, 5) is 47.6. The van der Waals surface area contributed by atoms with Crippen LogP contribution < -0.4 is 11.0 Å². The number of fused-ring (bicyclic) bond motifs is 1. The Morgan fingerprint density at radius 2 is 1.62 bits per heavy atom. The van der Waals surface area contributed by atoms with Gasteiger partial charge in [-0.1, -0.05) is 21.6 Å². The minimum absolute atomic E-state index is 0.138. The second-order valence-corrected chi connectivity index (χ2v) is 7.89. The molecule has 29 heavy (non-hydrogen) atoms. The number of carboxylic acid groups (broad SMARTS) is 2. The fourth-order valence-corrected chi connectivity index (χ4v) is 3.62. The molecule has 0 unspecified atom stereocenters. The second kappa shape index (κ2) is 11.4. The van der Waals surface area contributed by atoms with Gasteiger partial charge in [-0.25, -0.2) is 9.59 Å². The Hall–Kier alpha value is -2.61. The van der Waals surface area contributed by atoms with E-state index in [0.717, 1.165) is 0 Å². The molecule has 5 N–H and O–H groups in total. The van der Waals surface area contributed by atoms with Crippen LogP contribution in [0, 0.1) is 0 Å². The van der Waals surface area contributed by atoms with Crippen LogP contribution in [-0.4, -0.2) is 62.3 Å². The summed E-state index contributed by atoms with van der Waals surface area (Å²) in [5.74, 6) is -2.53. The number of carboxylic acids is 2. The lowest BCUT2D eigenvalue weighted by molar-refractivity contribution is -0.192. The van der Waals surface area contributed by atoms with E-state index in [0.29, 0.717) is 34.6 Å². The lowest BCUT2D eigenvalue weighted by Gasteiger charge is -2.05. The molecule has 1 heterocycles. The number of carbonyl (C=O) groups is 3. The van der Waals surface area contributed by atoms with Crippen molar-refractivity contribution in [1.29, 1.82) is 0 Å². The summed E-state index contributed by atoms with van der Waals surface area (Å²) >= 11 is 0. The Morgan fingerprint density at radius 3 is 2.21 bits per heavy atom. The molecular weight excluding hydrogens is 439 g/mol. The van der Waals surface area contributed by atoms with Crippen LogP contribution in [0.1, 0.15) is 16.8 Å². The molecule has 0 saturated carbocycles. The van der Waals surface area contributed by atoms with E-state index in [1.165, 1.54) is 21.6 Å². The lowest BCUT2D eigenvalue weighted by atomic mass is 10.2. The highest BCUT2D eigenvalue weighted by Gasteiger charge is 2.38. The lowest BCUT2D eigenvalue weighted by Crippen LogP contribution is -2.25. The molecule has 160 valence electrons. The van der Waals surface area contributed by atoms with Gasteiger partial charge >= 0.3 is 23.8 Å². The molecule has 0 saturated heterocycles. The monoisotopic (exact) mass is 455 g/mol. The normalized spacial score (nSPS) is 10.9. The summed E-state index contributed by atoms with van der Waals surface area (Å²) in [6.07, 6.45) is -4.95. The maximum atomic E-state index is 12.0. The van der Waals surface area contributed by atoms with E-state index in [4.69, 9.17) is 15.0 Å². The molecule has 14 heteroatoms. The molecule has 2 rings (SSSR count). The molecule has 1 aromatic carbocycles. The number of hydrogen-bond donors (Lipinski definition) is 5. The molecule has 0 aliphatic carbocycles. The molecule has 1 amide bonds. The second-order valence-electron chi connectivity index (χ2n) is 5.19.